The normalized spacial score (nSPS) is 18.3. The van der Waals surface area contributed by atoms with Crippen molar-refractivity contribution in [1.82, 2.24) is 4.31 Å². The van der Waals surface area contributed by atoms with Crippen molar-refractivity contribution < 1.29 is 13.2 Å². The highest BCUT2D eigenvalue weighted by atomic mass is 32.2. The van der Waals surface area contributed by atoms with E-state index in [2.05, 4.69) is 0 Å². The largest absolute Gasteiger partial charge is 0.492 e. The fraction of sp³-hybridized carbons (Fsp3) is 0.235. The number of sulfonamides is 1. The summed E-state index contributed by atoms with van der Waals surface area (Å²) in [5.74, 6) is 0.700. The van der Waals surface area contributed by atoms with Gasteiger partial charge in [0.05, 0.1) is 16.5 Å². The van der Waals surface area contributed by atoms with Crippen molar-refractivity contribution in [2.24, 2.45) is 0 Å². The molecule has 0 N–H and O–H groups in total. The highest BCUT2D eigenvalue weighted by Crippen LogP contribution is 2.35. The molecule has 118 valence electrons. The van der Waals surface area contributed by atoms with Crippen LogP contribution in [0, 0.1) is 11.3 Å². The molecule has 0 fully saturated rings. The van der Waals surface area contributed by atoms with Gasteiger partial charge in [-0.05, 0) is 25.1 Å². The fourth-order valence-electron chi connectivity index (χ4n) is 2.79. The van der Waals surface area contributed by atoms with E-state index in [1.807, 2.05) is 37.3 Å². The molecule has 1 heterocycles. The number of rotatable bonds is 2. The molecular weight excluding hydrogens is 312 g/mol. The van der Waals surface area contributed by atoms with Crippen LogP contribution >= 0.6 is 0 Å². The van der Waals surface area contributed by atoms with E-state index in [4.69, 9.17) is 4.74 Å². The minimum Gasteiger partial charge on any atom is -0.492 e. The third-order valence-corrected chi connectivity index (χ3v) is 5.99. The Hall–Kier alpha value is -2.36. The summed E-state index contributed by atoms with van der Waals surface area (Å²) in [5.41, 5.74) is 0.973. The molecule has 0 bridgehead atoms. The van der Waals surface area contributed by atoms with Crippen molar-refractivity contribution in [3.05, 3.63) is 59.7 Å². The van der Waals surface area contributed by atoms with Gasteiger partial charge in [-0.2, -0.15) is 9.57 Å². The summed E-state index contributed by atoms with van der Waals surface area (Å²) < 4.78 is 33.2. The van der Waals surface area contributed by atoms with Crippen molar-refractivity contribution in [1.29, 1.82) is 5.26 Å². The molecule has 0 aromatic heterocycles. The Bertz CT molecular complexity index is 871. The van der Waals surface area contributed by atoms with Crippen LogP contribution in [0.15, 0.2) is 53.4 Å². The van der Waals surface area contributed by atoms with E-state index in [1.165, 1.54) is 16.4 Å². The molecule has 2 aromatic carbocycles. The van der Waals surface area contributed by atoms with Gasteiger partial charge >= 0.3 is 0 Å². The molecule has 5 nitrogen and oxygen atoms in total. The molecule has 0 spiro atoms. The van der Waals surface area contributed by atoms with Crippen LogP contribution in [-0.2, 0) is 10.0 Å². The molecule has 23 heavy (non-hydrogen) atoms. The second kappa shape index (κ2) is 6.03. The smallest absolute Gasteiger partial charge is 0.245 e. The lowest BCUT2D eigenvalue weighted by Gasteiger charge is -2.26. The highest BCUT2D eigenvalue weighted by molar-refractivity contribution is 7.89. The summed E-state index contributed by atoms with van der Waals surface area (Å²) in [4.78, 5) is 0.0359. The average Bonchev–Trinajstić information content (AvgIpc) is 2.74. The first-order valence-corrected chi connectivity index (χ1v) is 8.72. The van der Waals surface area contributed by atoms with Gasteiger partial charge in [-0.3, -0.25) is 0 Å². The van der Waals surface area contributed by atoms with Crippen molar-refractivity contribution in [3.8, 4) is 11.8 Å². The molecular formula is C17H16N2O3S. The third kappa shape index (κ3) is 2.69. The first-order valence-electron chi connectivity index (χ1n) is 7.28. The van der Waals surface area contributed by atoms with Crippen molar-refractivity contribution in [2.75, 3.05) is 13.2 Å². The van der Waals surface area contributed by atoms with Crippen molar-refractivity contribution >= 4 is 10.0 Å². The fourth-order valence-corrected chi connectivity index (χ4v) is 4.53. The molecule has 1 aliphatic heterocycles. The zero-order valence-corrected chi connectivity index (χ0v) is 13.5. The minimum absolute atomic E-state index is 0.0359. The number of nitrogens with zero attached hydrogens (tertiary/aromatic N) is 2. The van der Waals surface area contributed by atoms with E-state index in [0.29, 0.717) is 5.75 Å². The summed E-state index contributed by atoms with van der Waals surface area (Å²) >= 11 is 0. The van der Waals surface area contributed by atoms with Crippen LogP contribution < -0.4 is 4.74 Å². The number of hydrogen-bond donors (Lipinski definition) is 0. The molecule has 0 amide bonds. The molecule has 0 aliphatic carbocycles. The number of hydrogen-bond acceptors (Lipinski definition) is 4. The molecule has 2 aromatic rings. The molecule has 0 saturated heterocycles. The maximum Gasteiger partial charge on any atom is 0.245 e. The lowest BCUT2D eigenvalue weighted by molar-refractivity contribution is 0.278. The van der Waals surface area contributed by atoms with E-state index in [1.54, 1.807) is 12.1 Å². The number of para-hydroxylation sites is 1. The second-order valence-corrected chi connectivity index (χ2v) is 7.14. The minimum atomic E-state index is -3.79. The molecule has 1 aliphatic rings. The van der Waals surface area contributed by atoms with Gasteiger partial charge in [0.1, 0.15) is 18.4 Å². The zero-order chi connectivity index (χ0) is 16.4. The lowest BCUT2D eigenvalue weighted by atomic mass is 10.1. The van der Waals surface area contributed by atoms with E-state index < -0.39 is 10.0 Å². The van der Waals surface area contributed by atoms with E-state index in [9.17, 15) is 13.7 Å². The first-order chi connectivity index (χ1) is 11.1. The van der Waals surface area contributed by atoms with E-state index >= 15 is 0 Å². The van der Waals surface area contributed by atoms with Gasteiger partial charge in [0.25, 0.3) is 0 Å². The SMILES string of the molecule is CC1c2ccccc2OCCN1S(=O)(=O)c1ccccc1C#N. The molecule has 1 unspecified atom stereocenters. The van der Waals surface area contributed by atoms with Crippen LogP contribution in [0.25, 0.3) is 0 Å². The van der Waals surface area contributed by atoms with E-state index in [-0.39, 0.29) is 29.7 Å². The standard InChI is InChI=1S/C17H16N2O3S/c1-13-15-7-3-4-8-16(15)22-11-10-19(13)23(20,21)17-9-5-2-6-14(17)12-18/h2-9,13H,10-11H2,1H3. The Morgan fingerprint density at radius 1 is 1.17 bits per heavy atom. The van der Waals surface area contributed by atoms with Crippen LogP contribution in [0.3, 0.4) is 0 Å². The van der Waals surface area contributed by atoms with Crippen LogP contribution in [0.1, 0.15) is 24.1 Å². The monoisotopic (exact) mass is 328 g/mol. The predicted octanol–water partition coefficient (Wildman–Crippen LogP) is 2.70. The number of fused-ring (bicyclic) bond motifs is 1. The maximum absolute atomic E-state index is 13.1. The quantitative estimate of drug-likeness (QED) is 0.850. The summed E-state index contributed by atoms with van der Waals surface area (Å²) in [6.07, 6.45) is 0. The van der Waals surface area contributed by atoms with E-state index in [0.717, 1.165) is 5.56 Å². The van der Waals surface area contributed by atoms with Gasteiger partial charge in [-0.15, -0.1) is 0 Å². The van der Waals surface area contributed by atoms with Gasteiger partial charge in [0.15, 0.2) is 0 Å². The van der Waals surface area contributed by atoms with Gasteiger partial charge in [0, 0.05) is 12.1 Å². The average molecular weight is 328 g/mol. The number of ether oxygens (including phenoxy) is 1. The molecule has 0 radical (unpaired) electrons. The van der Waals surface area contributed by atoms with Crippen LogP contribution in [-0.4, -0.2) is 25.9 Å². The van der Waals surface area contributed by atoms with Crippen LogP contribution in [0.2, 0.25) is 0 Å². The zero-order valence-electron chi connectivity index (χ0n) is 12.6. The summed E-state index contributed by atoms with van der Waals surface area (Å²) in [6, 6.07) is 15.3. The molecule has 1 atom stereocenters. The summed E-state index contributed by atoms with van der Waals surface area (Å²) in [6.45, 7) is 2.34. The number of benzene rings is 2. The molecule has 0 saturated carbocycles. The Labute approximate surface area is 135 Å². The molecule has 3 rings (SSSR count). The van der Waals surface area contributed by atoms with Gasteiger partial charge in [-0.25, -0.2) is 8.42 Å². The first kappa shape index (κ1) is 15.5. The topological polar surface area (TPSA) is 70.4 Å². The predicted molar refractivity (Wildman–Crippen MR) is 85.4 cm³/mol. The van der Waals surface area contributed by atoms with Crippen LogP contribution in [0.4, 0.5) is 0 Å². The second-order valence-electron chi connectivity index (χ2n) is 5.29. The summed E-state index contributed by atoms with van der Waals surface area (Å²) in [5, 5.41) is 9.20. The van der Waals surface area contributed by atoms with Crippen molar-refractivity contribution in [2.45, 2.75) is 17.9 Å². The van der Waals surface area contributed by atoms with Gasteiger partial charge in [0.2, 0.25) is 10.0 Å². The lowest BCUT2D eigenvalue weighted by Crippen LogP contribution is -2.35. The van der Waals surface area contributed by atoms with Crippen LogP contribution in [0.5, 0.6) is 5.75 Å². The van der Waals surface area contributed by atoms with Gasteiger partial charge < -0.3 is 4.74 Å². The van der Waals surface area contributed by atoms with Gasteiger partial charge in [-0.1, -0.05) is 30.3 Å². The Kier molecular flexibility index (Phi) is 4.07. The Balaban J connectivity index is 2.09. The maximum atomic E-state index is 13.1. The third-order valence-electron chi connectivity index (χ3n) is 3.96. The highest BCUT2D eigenvalue weighted by Gasteiger charge is 2.34. The Morgan fingerprint density at radius 2 is 1.87 bits per heavy atom. The summed E-state index contributed by atoms with van der Waals surface area (Å²) in [7, 11) is -3.79. The van der Waals surface area contributed by atoms with Crippen molar-refractivity contribution in [3.63, 3.8) is 0 Å². The molecule has 6 heteroatoms. The Morgan fingerprint density at radius 3 is 2.65 bits per heavy atom. The number of nitriles is 1.